The van der Waals surface area contributed by atoms with Crippen molar-refractivity contribution in [2.45, 2.75) is 90.6 Å². The van der Waals surface area contributed by atoms with Gasteiger partial charge in [-0.15, -0.1) is 12.3 Å². The molecule has 0 rings (SSSR count). The second-order valence-corrected chi connectivity index (χ2v) is 5.85. The average molecular weight is 252 g/mol. The minimum Gasteiger partial charge on any atom is -0.393 e. The highest BCUT2D eigenvalue weighted by Gasteiger charge is 2.05. The van der Waals surface area contributed by atoms with Gasteiger partial charge in [0.05, 0.1) is 6.10 Å². The molecule has 0 fully saturated rings. The van der Waals surface area contributed by atoms with E-state index >= 15 is 0 Å². The van der Waals surface area contributed by atoms with Crippen molar-refractivity contribution in [3.05, 3.63) is 0 Å². The molecule has 0 aliphatic rings. The van der Waals surface area contributed by atoms with Crippen LogP contribution < -0.4 is 0 Å². The van der Waals surface area contributed by atoms with Crippen LogP contribution in [0.3, 0.4) is 0 Å². The van der Waals surface area contributed by atoms with E-state index in [1.54, 1.807) is 0 Å². The number of unbranched alkanes of at least 4 members (excludes halogenated alkanes) is 8. The maximum absolute atomic E-state index is 9.73. The maximum Gasteiger partial charge on any atom is 0.0542 e. The van der Waals surface area contributed by atoms with E-state index in [4.69, 9.17) is 6.42 Å². The summed E-state index contributed by atoms with van der Waals surface area (Å²) in [6.07, 6.45) is 18.3. The molecule has 1 nitrogen and oxygen atoms in total. The van der Waals surface area contributed by atoms with Gasteiger partial charge in [-0.25, -0.2) is 0 Å². The normalized spacial score (nSPS) is 12.6. The van der Waals surface area contributed by atoms with Gasteiger partial charge in [-0.1, -0.05) is 58.8 Å². The smallest absolute Gasteiger partial charge is 0.0542 e. The van der Waals surface area contributed by atoms with Crippen molar-refractivity contribution in [2.75, 3.05) is 0 Å². The van der Waals surface area contributed by atoms with Gasteiger partial charge in [-0.2, -0.15) is 0 Å². The van der Waals surface area contributed by atoms with Gasteiger partial charge in [-0.3, -0.25) is 0 Å². The monoisotopic (exact) mass is 252 g/mol. The molecule has 0 aromatic carbocycles. The Kier molecular flexibility index (Phi) is 12.6. The van der Waals surface area contributed by atoms with Crippen LogP contribution in [0.5, 0.6) is 0 Å². The molecule has 106 valence electrons. The number of rotatable bonds is 12. The van der Waals surface area contributed by atoms with Gasteiger partial charge in [0, 0.05) is 6.42 Å². The van der Waals surface area contributed by atoms with Gasteiger partial charge in [0.15, 0.2) is 0 Å². The molecule has 0 saturated carbocycles. The summed E-state index contributed by atoms with van der Waals surface area (Å²) in [5, 5.41) is 9.73. The first-order valence-electron chi connectivity index (χ1n) is 7.78. The van der Waals surface area contributed by atoms with Crippen LogP contribution in [0.25, 0.3) is 0 Å². The van der Waals surface area contributed by atoms with Crippen LogP contribution in [0.1, 0.15) is 84.5 Å². The number of aliphatic hydroxyl groups excluding tert-OH is 1. The molecule has 1 N–H and O–H groups in total. The molecule has 0 bridgehead atoms. The fourth-order valence-corrected chi connectivity index (χ4v) is 2.33. The summed E-state index contributed by atoms with van der Waals surface area (Å²) in [7, 11) is 0. The molecule has 0 aromatic heterocycles. The van der Waals surface area contributed by atoms with Gasteiger partial charge in [0.1, 0.15) is 0 Å². The quantitative estimate of drug-likeness (QED) is 0.386. The summed E-state index contributed by atoms with van der Waals surface area (Å²) in [6.45, 7) is 4.34. The van der Waals surface area contributed by atoms with Crippen molar-refractivity contribution in [3.63, 3.8) is 0 Å². The van der Waals surface area contributed by atoms with E-state index in [1.165, 1.54) is 51.4 Å². The predicted octanol–water partition coefficient (Wildman–Crippen LogP) is 4.93. The molecule has 0 saturated heterocycles. The lowest BCUT2D eigenvalue weighted by molar-refractivity contribution is 0.136. The Hall–Kier alpha value is -0.480. The lowest BCUT2D eigenvalue weighted by atomic mass is 10.00. The highest BCUT2D eigenvalue weighted by molar-refractivity contribution is 4.82. The predicted molar refractivity (Wildman–Crippen MR) is 80.5 cm³/mol. The van der Waals surface area contributed by atoms with Crippen molar-refractivity contribution < 1.29 is 5.11 Å². The molecule has 0 amide bonds. The third-order valence-corrected chi connectivity index (χ3v) is 3.35. The van der Waals surface area contributed by atoms with Gasteiger partial charge < -0.3 is 5.11 Å². The van der Waals surface area contributed by atoms with Gasteiger partial charge in [0.2, 0.25) is 0 Å². The van der Waals surface area contributed by atoms with Crippen LogP contribution in [0, 0.1) is 18.3 Å². The summed E-state index contributed by atoms with van der Waals surface area (Å²) in [5.74, 6) is 3.30. The molecular weight excluding hydrogens is 220 g/mol. The Morgan fingerprint density at radius 1 is 0.889 bits per heavy atom. The molecule has 0 aliphatic heterocycles. The SMILES string of the molecule is C#CCCCCCCCCCCC(O)CC(C)C. The molecular formula is C17H32O. The lowest BCUT2D eigenvalue weighted by Crippen LogP contribution is -2.09. The minimum absolute atomic E-state index is 0.0752. The van der Waals surface area contributed by atoms with Crippen LogP contribution in [-0.2, 0) is 0 Å². The number of aliphatic hydroxyl groups is 1. The third-order valence-electron chi connectivity index (χ3n) is 3.35. The highest BCUT2D eigenvalue weighted by Crippen LogP contribution is 2.14. The van der Waals surface area contributed by atoms with Crippen molar-refractivity contribution in [1.29, 1.82) is 0 Å². The van der Waals surface area contributed by atoms with Crippen molar-refractivity contribution >= 4 is 0 Å². The van der Waals surface area contributed by atoms with E-state index in [0.717, 1.165) is 19.3 Å². The molecule has 0 aromatic rings. The molecule has 1 atom stereocenters. The second-order valence-electron chi connectivity index (χ2n) is 5.85. The first kappa shape index (κ1) is 17.5. The van der Waals surface area contributed by atoms with Gasteiger partial charge in [0.25, 0.3) is 0 Å². The molecule has 0 aliphatic carbocycles. The van der Waals surface area contributed by atoms with Gasteiger partial charge in [-0.05, 0) is 25.2 Å². The molecule has 1 heteroatoms. The molecule has 0 heterocycles. The van der Waals surface area contributed by atoms with Crippen LogP contribution >= 0.6 is 0 Å². The zero-order chi connectivity index (χ0) is 13.6. The molecule has 0 spiro atoms. The first-order chi connectivity index (χ1) is 8.66. The first-order valence-corrected chi connectivity index (χ1v) is 7.78. The highest BCUT2D eigenvalue weighted by atomic mass is 16.3. The zero-order valence-corrected chi connectivity index (χ0v) is 12.5. The average Bonchev–Trinajstić information content (AvgIpc) is 2.30. The summed E-state index contributed by atoms with van der Waals surface area (Å²) >= 11 is 0. The Morgan fingerprint density at radius 3 is 1.89 bits per heavy atom. The zero-order valence-electron chi connectivity index (χ0n) is 12.5. The minimum atomic E-state index is -0.0752. The topological polar surface area (TPSA) is 20.2 Å². The van der Waals surface area contributed by atoms with Crippen LogP contribution in [0.15, 0.2) is 0 Å². The number of hydrogen-bond acceptors (Lipinski definition) is 1. The van der Waals surface area contributed by atoms with E-state index in [2.05, 4.69) is 19.8 Å². The Bertz CT molecular complexity index is 202. The van der Waals surface area contributed by atoms with Crippen LogP contribution in [0.2, 0.25) is 0 Å². The maximum atomic E-state index is 9.73. The fourth-order valence-electron chi connectivity index (χ4n) is 2.33. The second kappa shape index (κ2) is 13.0. The Labute approximate surface area is 114 Å². The van der Waals surface area contributed by atoms with E-state index in [1.807, 2.05) is 0 Å². The Morgan fingerprint density at radius 2 is 1.39 bits per heavy atom. The Balaban J connectivity index is 3.09. The van der Waals surface area contributed by atoms with Crippen LogP contribution in [0.4, 0.5) is 0 Å². The largest absolute Gasteiger partial charge is 0.393 e. The number of terminal acetylenes is 1. The van der Waals surface area contributed by atoms with Crippen molar-refractivity contribution in [3.8, 4) is 12.3 Å². The van der Waals surface area contributed by atoms with Gasteiger partial charge >= 0.3 is 0 Å². The van der Waals surface area contributed by atoms with E-state index in [-0.39, 0.29) is 6.10 Å². The lowest BCUT2D eigenvalue weighted by Gasteiger charge is -2.12. The standard InChI is InChI=1S/C17H32O/c1-4-5-6-7-8-9-10-11-12-13-14-17(18)15-16(2)3/h1,16-18H,5-15H2,2-3H3. The molecule has 18 heavy (non-hydrogen) atoms. The summed E-state index contributed by atoms with van der Waals surface area (Å²) < 4.78 is 0. The summed E-state index contributed by atoms with van der Waals surface area (Å²) in [4.78, 5) is 0. The van der Waals surface area contributed by atoms with E-state index < -0.39 is 0 Å². The summed E-state index contributed by atoms with van der Waals surface area (Å²) in [5.41, 5.74) is 0. The van der Waals surface area contributed by atoms with E-state index in [9.17, 15) is 5.11 Å². The number of hydrogen-bond donors (Lipinski definition) is 1. The van der Waals surface area contributed by atoms with Crippen molar-refractivity contribution in [2.24, 2.45) is 5.92 Å². The molecule has 1 unspecified atom stereocenters. The fraction of sp³-hybridized carbons (Fsp3) is 0.882. The third kappa shape index (κ3) is 13.6. The van der Waals surface area contributed by atoms with E-state index in [0.29, 0.717) is 5.92 Å². The molecule has 0 radical (unpaired) electrons. The van der Waals surface area contributed by atoms with Crippen molar-refractivity contribution in [1.82, 2.24) is 0 Å². The summed E-state index contributed by atoms with van der Waals surface area (Å²) in [6, 6.07) is 0. The van der Waals surface area contributed by atoms with Crippen LogP contribution in [-0.4, -0.2) is 11.2 Å².